The minimum Gasteiger partial charge on any atom is -0.481 e. The number of rotatable bonds is 7. The number of hydrogen-bond donors (Lipinski definition) is 1. The average Bonchev–Trinajstić information content (AvgIpc) is 2.33. The topological polar surface area (TPSA) is 66.8 Å². The number of ether oxygens (including phenoxy) is 1. The number of aliphatic carboxylic acids is 1. The SMILES string of the molecule is CCCCN1C(C)(C)CC(OC(=O)CCC(=O)O)CC1(C)C. The van der Waals surface area contributed by atoms with Crippen molar-refractivity contribution in [2.75, 3.05) is 6.54 Å². The number of carbonyl (C=O) groups is 2. The van der Waals surface area contributed by atoms with Gasteiger partial charge in [-0.15, -0.1) is 0 Å². The van der Waals surface area contributed by atoms with Crippen LogP contribution in [-0.4, -0.2) is 45.7 Å². The molecule has 0 spiro atoms. The van der Waals surface area contributed by atoms with Crippen molar-refractivity contribution in [1.29, 1.82) is 0 Å². The van der Waals surface area contributed by atoms with E-state index in [1.807, 2.05) is 0 Å². The van der Waals surface area contributed by atoms with Gasteiger partial charge in [0.15, 0.2) is 0 Å². The number of esters is 1. The Bertz CT molecular complexity index is 385. The van der Waals surface area contributed by atoms with Crippen LogP contribution in [0, 0.1) is 0 Å². The van der Waals surface area contributed by atoms with Crippen molar-refractivity contribution >= 4 is 11.9 Å². The molecular weight excluding hydrogens is 282 g/mol. The van der Waals surface area contributed by atoms with Crippen LogP contribution in [0.1, 0.15) is 73.1 Å². The number of hydrogen-bond acceptors (Lipinski definition) is 4. The molecule has 1 heterocycles. The molecule has 0 radical (unpaired) electrons. The molecule has 0 atom stereocenters. The van der Waals surface area contributed by atoms with Crippen LogP contribution < -0.4 is 0 Å². The van der Waals surface area contributed by atoms with Crippen LogP contribution in [0.3, 0.4) is 0 Å². The largest absolute Gasteiger partial charge is 0.481 e. The molecule has 1 N–H and O–H groups in total. The molecule has 5 nitrogen and oxygen atoms in total. The molecule has 0 aromatic rings. The fraction of sp³-hybridized carbons (Fsp3) is 0.882. The molecule has 5 heteroatoms. The van der Waals surface area contributed by atoms with E-state index in [4.69, 9.17) is 9.84 Å². The zero-order valence-corrected chi connectivity index (χ0v) is 14.6. The highest BCUT2D eigenvalue weighted by atomic mass is 16.5. The maximum absolute atomic E-state index is 11.8. The minimum absolute atomic E-state index is 0.0331. The molecule has 0 aromatic carbocycles. The first-order chi connectivity index (χ1) is 10.1. The molecule has 1 fully saturated rings. The summed E-state index contributed by atoms with van der Waals surface area (Å²) < 4.78 is 5.54. The first-order valence-corrected chi connectivity index (χ1v) is 8.27. The van der Waals surface area contributed by atoms with Gasteiger partial charge in [-0.3, -0.25) is 14.5 Å². The quantitative estimate of drug-likeness (QED) is 0.731. The number of carbonyl (C=O) groups excluding carboxylic acids is 1. The van der Waals surface area contributed by atoms with Gasteiger partial charge in [0.25, 0.3) is 0 Å². The van der Waals surface area contributed by atoms with Gasteiger partial charge in [0.1, 0.15) is 6.10 Å². The molecule has 0 aromatic heterocycles. The third kappa shape index (κ3) is 5.27. The highest BCUT2D eigenvalue weighted by Crippen LogP contribution is 2.39. The van der Waals surface area contributed by atoms with E-state index in [0.29, 0.717) is 0 Å². The third-order valence-corrected chi connectivity index (χ3v) is 4.49. The van der Waals surface area contributed by atoms with Gasteiger partial charge in [-0.1, -0.05) is 13.3 Å². The highest BCUT2D eigenvalue weighted by molar-refractivity contribution is 5.76. The maximum atomic E-state index is 11.8. The lowest BCUT2D eigenvalue weighted by Gasteiger charge is -2.55. The second-order valence-electron chi connectivity index (χ2n) is 7.54. The van der Waals surface area contributed by atoms with Crippen molar-refractivity contribution in [3.05, 3.63) is 0 Å². The summed E-state index contributed by atoms with van der Waals surface area (Å²) in [7, 11) is 0. The van der Waals surface area contributed by atoms with E-state index in [1.165, 1.54) is 0 Å². The number of unbranched alkanes of at least 4 members (excludes halogenated alkanes) is 1. The summed E-state index contributed by atoms with van der Waals surface area (Å²) in [6, 6.07) is 0. The summed E-state index contributed by atoms with van der Waals surface area (Å²) in [5.41, 5.74) is -0.0661. The Morgan fingerprint density at radius 1 is 1.14 bits per heavy atom. The average molecular weight is 313 g/mol. The van der Waals surface area contributed by atoms with Crippen LogP contribution in [0.25, 0.3) is 0 Å². The van der Waals surface area contributed by atoms with Crippen molar-refractivity contribution in [3.63, 3.8) is 0 Å². The summed E-state index contributed by atoms with van der Waals surface area (Å²) in [4.78, 5) is 24.8. The fourth-order valence-electron chi connectivity index (χ4n) is 3.68. The first kappa shape index (κ1) is 18.9. The van der Waals surface area contributed by atoms with E-state index < -0.39 is 11.9 Å². The van der Waals surface area contributed by atoms with Crippen LogP contribution in [0.2, 0.25) is 0 Å². The Kier molecular flexibility index (Phi) is 6.41. The monoisotopic (exact) mass is 313 g/mol. The van der Waals surface area contributed by atoms with E-state index in [2.05, 4.69) is 39.5 Å². The van der Waals surface area contributed by atoms with Crippen LogP contribution in [0.15, 0.2) is 0 Å². The van der Waals surface area contributed by atoms with E-state index in [0.717, 1.165) is 32.2 Å². The Balaban J connectivity index is 2.67. The molecule has 0 unspecified atom stereocenters. The Hall–Kier alpha value is -1.10. The van der Waals surface area contributed by atoms with Gasteiger partial charge >= 0.3 is 11.9 Å². The van der Waals surface area contributed by atoms with Crippen molar-refractivity contribution < 1.29 is 19.4 Å². The normalized spacial score (nSPS) is 21.5. The molecule has 0 saturated carbocycles. The Labute approximate surface area is 134 Å². The van der Waals surface area contributed by atoms with Gasteiger partial charge in [-0.05, 0) is 40.7 Å². The van der Waals surface area contributed by atoms with Crippen LogP contribution >= 0.6 is 0 Å². The Morgan fingerprint density at radius 3 is 2.14 bits per heavy atom. The van der Waals surface area contributed by atoms with E-state index in [-0.39, 0.29) is 30.0 Å². The van der Waals surface area contributed by atoms with E-state index in [1.54, 1.807) is 0 Å². The van der Waals surface area contributed by atoms with Crippen LogP contribution in [-0.2, 0) is 14.3 Å². The van der Waals surface area contributed by atoms with Gasteiger partial charge in [-0.2, -0.15) is 0 Å². The molecule has 1 saturated heterocycles. The predicted molar refractivity (Wildman–Crippen MR) is 85.8 cm³/mol. The summed E-state index contributed by atoms with van der Waals surface area (Å²) in [5, 5.41) is 8.64. The van der Waals surface area contributed by atoms with Crippen molar-refractivity contribution in [3.8, 4) is 0 Å². The second kappa shape index (κ2) is 7.44. The molecular formula is C17H31NO4. The van der Waals surface area contributed by atoms with Crippen molar-refractivity contribution in [2.24, 2.45) is 0 Å². The van der Waals surface area contributed by atoms with Crippen LogP contribution in [0.5, 0.6) is 0 Å². The van der Waals surface area contributed by atoms with Crippen LogP contribution in [0.4, 0.5) is 0 Å². The molecule has 0 bridgehead atoms. The minimum atomic E-state index is -0.966. The molecule has 128 valence electrons. The maximum Gasteiger partial charge on any atom is 0.306 e. The molecule has 1 rings (SSSR count). The second-order valence-corrected chi connectivity index (χ2v) is 7.54. The number of likely N-dealkylation sites (tertiary alicyclic amines) is 1. The lowest BCUT2D eigenvalue weighted by Crippen LogP contribution is -2.62. The molecule has 22 heavy (non-hydrogen) atoms. The van der Waals surface area contributed by atoms with Crippen molar-refractivity contribution in [1.82, 2.24) is 4.90 Å². The first-order valence-electron chi connectivity index (χ1n) is 8.27. The number of carboxylic acid groups (broad SMARTS) is 1. The lowest BCUT2D eigenvalue weighted by molar-refractivity contribution is -0.162. The van der Waals surface area contributed by atoms with Gasteiger partial charge < -0.3 is 9.84 Å². The smallest absolute Gasteiger partial charge is 0.306 e. The zero-order valence-electron chi connectivity index (χ0n) is 14.6. The van der Waals surface area contributed by atoms with Gasteiger partial charge in [0.2, 0.25) is 0 Å². The Morgan fingerprint density at radius 2 is 1.68 bits per heavy atom. The molecule has 1 aliphatic heterocycles. The number of carboxylic acids is 1. The van der Waals surface area contributed by atoms with Gasteiger partial charge in [-0.25, -0.2) is 0 Å². The lowest BCUT2D eigenvalue weighted by atomic mass is 9.78. The summed E-state index contributed by atoms with van der Waals surface area (Å²) in [5.74, 6) is -1.37. The van der Waals surface area contributed by atoms with Gasteiger partial charge in [0.05, 0.1) is 12.8 Å². The summed E-state index contributed by atoms with van der Waals surface area (Å²) in [6.45, 7) is 12.0. The third-order valence-electron chi connectivity index (χ3n) is 4.49. The van der Waals surface area contributed by atoms with Gasteiger partial charge in [0, 0.05) is 23.9 Å². The zero-order chi connectivity index (χ0) is 17.0. The standard InChI is InChI=1S/C17H31NO4/c1-6-7-10-18-16(2,3)11-13(12-17(18,4)5)22-15(21)9-8-14(19)20/h13H,6-12H2,1-5H3,(H,19,20). The summed E-state index contributed by atoms with van der Waals surface area (Å²) >= 11 is 0. The molecule has 0 amide bonds. The van der Waals surface area contributed by atoms with Crippen molar-refractivity contribution in [2.45, 2.75) is 90.3 Å². The molecule has 0 aliphatic carbocycles. The number of nitrogens with zero attached hydrogens (tertiary/aromatic N) is 1. The van der Waals surface area contributed by atoms with E-state index in [9.17, 15) is 9.59 Å². The summed E-state index contributed by atoms with van der Waals surface area (Å²) in [6.07, 6.45) is 3.56. The molecule has 1 aliphatic rings. The highest BCUT2D eigenvalue weighted by Gasteiger charge is 2.45. The predicted octanol–water partition coefficient (Wildman–Crippen LogP) is 3.22. The fourth-order valence-corrected chi connectivity index (χ4v) is 3.68. The number of piperidine rings is 1. The van der Waals surface area contributed by atoms with E-state index >= 15 is 0 Å².